The molecule has 0 spiro atoms. The first kappa shape index (κ1) is 10.1. The number of nitrogens with zero attached hydrogens (tertiary/aromatic N) is 1. The van der Waals surface area contributed by atoms with E-state index in [0.717, 1.165) is 5.56 Å². The molecule has 1 aromatic heterocycles. The summed E-state index contributed by atoms with van der Waals surface area (Å²) in [6, 6.07) is 3.33. The van der Waals surface area contributed by atoms with Crippen molar-refractivity contribution in [1.82, 2.24) is 4.98 Å². The molecule has 0 radical (unpaired) electrons. The average Bonchev–Trinajstić information content (AvgIpc) is 2.17. The van der Waals surface area contributed by atoms with E-state index in [0.29, 0.717) is 5.92 Å². The molecule has 1 rings (SSSR count). The highest BCUT2D eigenvalue weighted by Crippen LogP contribution is 2.18. The number of hydrogen-bond donors (Lipinski definition) is 0. The van der Waals surface area contributed by atoms with Gasteiger partial charge in [0.2, 0.25) is 0 Å². The summed E-state index contributed by atoms with van der Waals surface area (Å²) in [5.41, 5.74) is 1.21. The number of hydrogen-bond acceptors (Lipinski definition) is 1. The highest BCUT2D eigenvalue weighted by molar-refractivity contribution is 5.18. The Morgan fingerprint density at radius 2 is 2.08 bits per heavy atom. The molecule has 0 saturated heterocycles. The van der Waals surface area contributed by atoms with Gasteiger partial charge in [-0.2, -0.15) is 0 Å². The smallest absolute Gasteiger partial charge is 0.170 e. The summed E-state index contributed by atoms with van der Waals surface area (Å²) in [6.07, 6.45) is 0.0172. The van der Waals surface area contributed by atoms with Gasteiger partial charge in [-0.05, 0) is 17.5 Å². The number of aromatic nitrogens is 1. The van der Waals surface area contributed by atoms with Crippen molar-refractivity contribution < 1.29 is 8.78 Å². The molecule has 0 bridgehead atoms. The van der Waals surface area contributed by atoms with Crippen LogP contribution in [0.5, 0.6) is 0 Å². The number of pyridine rings is 1. The van der Waals surface area contributed by atoms with Gasteiger partial charge in [0.1, 0.15) is 6.67 Å². The van der Waals surface area contributed by atoms with E-state index in [1.54, 1.807) is 18.3 Å². The molecule has 1 nitrogen and oxygen atoms in total. The van der Waals surface area contributed by atoms with Gasteiger partial charge < -0.3 is 0 Å². The van der Waals surface area contributed by atoms with Crippen molar-refractivity contribution in [2.24, 2.45) is 0 Å². The molecule has 0 aromatic carbocycles. The SMILES string of the molecule is CC(C)c1ccc(C(F)CF)nc1. The van der Waals surface area contributed by atoms with E-state index < -0.39 is 12.8 Å². The Labute approximate surface area is 76.8 Å². The number of halogens is 2. The van der Waals surface area contributed by atoms with Crippen molar-refractivity contribution in [3.63, 3.8) is 0 Å². The summed E-state index contributed by atoms with van der Waals surface area (Å²) in [6.45, 7) is 3.05. The Bertz CT molecular complexity index is 256. The fourth-order valence-electron chi connectivity index (χ4n) is 1.02. The molecule has 1 aromatic rings. The van der Waals surface area contributed by atoms with Gasteiger partial charge in [-0.1, -0.05) is 19.9 Å². The minimum absolute atomic E-state index is 0.173. The lowest BCUT2D eigenvalue weighted by molar-refractivity contribution is 0.260. The van der Waals surface area contributed by atoms with Crippen molar-refractivity contribution in [3.05, 3.63) is 29.6 Å². The van der Waals surface area contributed by atoms with Gasteiger partial charge in [-0.3, -0.25) is 4.98 Å². The molecule has 3 heteroatoms. The minimum atomic E-state index is -1.58. The molecule has 0 amide bonds. The molecule has 0 N–H and O–H groups in total. The lowest BCUT2D eigenvalue weighted by atomic mass is 10.1. The van der Waals surface area contributed by atoms with Gasteiger partial charge in [-0.25, -0.2) is 8.78 Å². The molecular formula is C10H13F2N. The molecule has 13 heavy (non-hydrogen) atoms. The summed E-state index contributed by atoms with van der Waals surface area (Å²) < 4.78 is 24.7. The molecule has 0 saturated carbocycles. The summed E-state index contributed by atoms with van der Waals surface area (Å²) in [5.74, 6) is 0.366. The summed E-state index contributed by atoms with van der Waals surface area (Å²) >= 11 is 0. The third-order valence-corrected chi connectivity index (χ3v) is 1.93. The average molecular weight is 185 g/mol. The summed E-state index contributed by atoms with van der Waals surface area (Å²) in [5, 5.41) is 0. The van der Waals surface area contributed by atoms with Crippen molar-refractivity contribution in [3.8, 4) is 0 Å². The molecule has 0 aliphatic heterocycles. The third-order valence-electron chi connectivity index (χ3n) is 1.93. The molecule has 1 unspecified atom stereocenters. The summed E-state index contributed by atoms with van der Waals surface area (Å²) in [4.78, 5) is 3.86. The second-order valence-electron chi connectivity index (χ2n) is 3.29. The van der Waals surface area contributed by atoms with Gasteiger partial charge in [0.15, 0.2) is 6.17 Å². The Balaban J connectivity index is 2.81. The summed E-state index contributed by atoms with van der Waals surface area (Å²) in [7, 11) is 0. The first-order valence-electron chi connectivity index (χ1n) is 4.31. The Kier molecular flexibility index (Phi) is 3.34. The van der Waals surface area contributed by atoms with Crippen LogP contribution in [0.4, 0.5) is 8.78 Å². The van der Waals surface area contributed by atoms with Gasteiger partial charge in [0, 0.05) is 6.20 Å². The molecule has 1 atom stereocenters. The van der Waals surface area contributed by atoms with Crippen LogP contribution in [-0.2, 0) is 0 Å². The minimum Gasteiger partial charge on any atom is -0.258 e. The first-order chi connectivity index (χ1) is 6.15. The highest BCUT2D eigenvalue weighted by atomic mass is 19.2. The zero-order valence-electron chi connectivity index (χ0n) is 7.80. The largest absolute Gasteiger partial charge is 0.258 e. The van der Waals surface area contributed by atoms with Crippen LogP contribution in [0.25, 0.3) is 0 Å². The van der Waals surface area contributed by atoms with E-state index in [1.165, 1.54) is 0 Å². The van der Waals surface area contributed by atoms with E-state index >= 15 is 0 Å². The standard InChI is InChI=1S/C10H13F2N/c1-7(2)8-3-4-10(13-6-8)9(12)5-11/h3-4,6-7,9H,5H2,1-2H3. The maximum Gasteiger partial charge on any atom is 0.170 e. The van der Waals surface area contributed by atoms with Crippen LogP contribution < -0.4 is 0 Å². The molecule has 1 heterocycles. The fraction of sp³-hybridized carbons (Fsp3) is 0.500. The molecule has 72 valence electrons. The second-order valence-corrected chi connectivity index (χ2v) is 3.29. The van der Waals surface area contributed by atoms with Crippen LogP contribution in [-0.4, -0.2) is 11.7 Å². The van der Waals surface area contributed by atoms with E-state index in [1.807, 2.05) is 13.8 Å². The maximum absolute atomic E-state index is 12.8. The highest BCUT2D eigenvalue weighted by Gasteiger charge is 2.10. The third kappa shape index (κ3) is 2.47. The number of alkyl halides is 2. The predicted molar refractivity (Wildman–Crippen MR) is 48.2 cm³/mol. The van der Waals surface area contributed by atoms with E-state index in [4.69, 9.17) is 0 Å². The van der Waals surface area contributed by atoms with Crippen molar-refractivity contribution >= 4 is 0 Å². The maximum atomic E-state index is 12.8. The quantitative estimate of drug-likeness (QED) is 0.704. The van der Waals surface area contributed by atoms with Crippen molar-refractivity contribution in [2.45, 2.75) is 25.9 Å². The van der Waals surface area contributed by atoms with Gasteiger partial charge in [0.25, 0.3) is 0 Å². The van der Waals surface area contributed by atoms with Crippen LogP contribution in [0, 0.1) is 0 Å². The Hall–Kier alpha value is -0.990. The van der Waals surface area contributed by atoms with Crippen molar-refractivity contribution in [1.29, 1.82) is 0 Å². The van der Waals surface area contributed by atoms with Gasteiger partial charge in [0.05, 0.1) is 5.69 Å². The monoisotopic (exact) mass is 185 g/mol. The predicted octanol–water partition coefficient (Wildman–Crippen LogP) is 3.19. The Morgan fingerprint density at radius 3 is 2.46 bits per heavy atom. The molecule has 0 aliphatic rings. The number of rotatable bonds is 3. The normalized spacial score (nSPS) is 13.3. The first-order valence-corrected chi connectivity index (χ1v) is 4.31. The molecular weight excluding hydrogens is 172 g/mol. The van der Waals surface area contributed by atoms with Crippen LogP contribution in [0.3, 0.4) is 0 Å². The zero-order chi connectivity index (χ0) is 9.84. The lowest BCUT2D eigenvalue weighted by Gasteiger charge is -2.06. The zero-order valence-corrected chi connectivity index (χ0v) is 7.80. The topological polar surface area (TPSA) is 12.9 Å². The van der Waals surface area contributed by atoms with Crippen LogP contribution in [0.2, 0.25) is 0 Å². The molecule has 0 fully saturated rings. The van der Waals surface area contributed by atoms with E-state index in [2.05, 4.69) is 4.98 Å². The molecule has 0 aliphatic carbocycles. The van der Waals surface area contributed by atoms with Gasteiger partial charge >= 0.3 is 0 Å². The lowest BCUT2D eigenvalue weighted by Crippen LogP contribution is -1.98. The van der Waals surface area contributed by atoms with Crippen molar-refractivity contribution in [2.75, 3.05) is 6.67 Å². The fourth-order valence-corrected chi connectivity index (χ4v) is 1.02. The van der Waals surface area contributed by atoms with Crippen LogP contribution >= 0.6 is 0 Å². The second kappa shape index (κ2) is 4.30. The Morgan fingerprint density at radius 1 is 1.38 bits per heavy atom. The van der Waals surface area contributed by atoms with Crippen LogP contribution in [0.1, 0.15) is 37.2 Å². The van der Waals surface area contributed by atoms with E-state index in [9.17, 15) is 8.78 Å². The van der Waals surface area contributed by atoms with E-state index in [-0.39, 0.29) is 5.69 Å². The van der Waals surface area contributed by atoms with Crippen LogP contribution in [0.15, 0.2) is 18.3 Å². The van der Waals surface area contributed by atoms with Gasteiger partial charge in [-0.15, -0.1) is 0 Å².